The maximum absolute atomic E-state index is 10.7. The largest absolute Gasteiger partial charge is 1.00 e. The molecule has 7 rings (SSSR count). The van der Waals surface area contributed by atoms with Crippen LogP contribution in [0.1, 0.15) is 18.4 Å². The Balaban J connectivity index is 0.00000217. The van der Waals surface area contributed by atoms with Crippen molar-refractivity contribution >= 4 is 75.0 Å². The summed E-state index contributed by atoms with van der Waals surface area (Å²) in [4.78, 5) is 0. The van der Waals surface area contributed by atoms with Crippen molar-refractivity contribution in [3.8, 4) is 0 Å². The molecule has 0 atom stereocenters. The van der Waals surface area contributed by atoms with Gasteiger partial charge in [-0.25, -0.2) is 8.42 Å². The maximum atomic E-state index is 10.7. The summed E-state index contributed by atoms with van der Waals surface area (Å²) in [6.45, 7) is -0.0725. The van der Waals surface area contributed by atoms with Gasteiger partial charge in [-0.05, 0) is 89.5 Å². The minimum atomic E-state index is -4.63. The molecule has 4 nitrogen and oxygen atoms in total. The van der Waals surface area contributed by atoms with E-state index >= 15 is 0 Å². The van der Waals surface area contributed by atoms with Gasteiger partial charge in [-0.15, -0.1) is 0 Å². The molecule has 0 spiro atoms. The SMILES string of the molecule is O=S(=O)([O-])OCCCCc1cc2ccc3ccc4ccc5ccc6ccc1c1c6c5c4c3c21.[Na+]. The predicted octanol–water partition coefficient (Wildman–Crippen LogP) is 3.72. The fraction of sp³-hybridized carbons (Fsp3) is 0.143. The van der Waals surface area contributed by atoms with Crippen molar-refractivity contribution in [3.05, 3.63) is 72.3 Å². The van der Waals surface area contributed by atoms with Gasteiger partial charge in [0, 0.05) is 0 Å². The van der Waals surface area contributed by atoms with Crippen LogP contribution in [0.4, 0.5) is 0 Å². The Hall–Kier alpha value is -2.25. The van der Waals surface area contributed by atoms with Crippen LogP contribution in [0.2, 0.25) is 0 Å². The first kappa shape index (κ1) is 22.2. The van der Waals surface area contributed by atoms with Gasteiger partial charge in [0.25, 0.3) is 0 Å². The molecule has 0 radical (unpaired) electrons. The summed E-state index contributed by atoms with van der Waals surface area (Å²) in [5.41, 5.74) is 1.24. The molecule has 0 aliphatic rings. The second-order valence-electron chi connectivity index (χ2n) is 8.96. The molecule has 0 bridgehead atoms. The van der Waals surface area contributed by atoms with Gasteiger partial charge in [0.05, 0.1) is 6.61 Å². The molecule has 0 aromatic heterocycles. The normalized spacial score (nSPS) is 12.9. The number of aryl methyl sites for hydroxylation is 1. The van der Waals surface area contributed by atoms with Crippen LogP contribution in [0.25, 0.3) is 64.6 Å². The molecule has 0 aliphatic carbocycles. The molecular weight excluding hydrogens is 455 g/mol. The first-order chi connectivity index (χ1) is 16.0. The van der Waals surface area contributed by atoms with E-state index in [1.807, 2.05) is 0 Å². The van der Waals surface area contributed by atoms with Gasteiger partial charge in [0.2, 0.25) is 10.4 Å². The van der Waals surface area contributed by atoms with Gasteiger partial charge in [-0.3, -0.25) is 4.18 Å². The molecule has 0 unspecified atom stereocenters. The molecule has 0 fully saturated rings. The standard InChI is InChI=1S/C28H20O4S.Na/c29-33(30,31)32-14-2-1-3-20-15-21-11-10-18-7-5-16-4-6-17-8-9-19-12-13-22(20)28-26(19)24(17)23(16)25(18)27(21)28;/h4-13,15H,1-3,14H2,(H,29,30,31);/q;+1/p-1. The van der Waals surface area contributed by atoms with Gasteiger partial charge < -0.3 is 4.55 Å². The van der Waals surface area contributed by atoms with Crippen molar-refractivity contribution in [1.29, 1.82) is 0 Å². The third-order valence-electron chi connectivity index (χ3n) is 7.16. The Bertz CT molecular complexity index is 1870. The van der Waals surface area contributed by atoms with Crippen molar-refractivity contribution in [2.75, 3.05) is 6.61 Å². The van der Waals surface area contributed by atoms with Crippen LogP contribution in [0.3, 0.4) is 0 Å². The summed E-state index contributed by atoms with van der Waals surface area (Å²) in [6.07, 6.45) is 2.05. The van der Waals surface area contributed by atoms with E-state index in [-0.39, 0.29) is 36.2 Å². The maximum Gasteiger partial charge on any atom is 1.00 e. The summed E-state index contributed by atoms with van der Waals surface area (Å²) in [7, 11) is -4.63. The smallest absolute Gasteiger partial charge is 0.726 e. The van der Waals surface area contributed by atoms with E-state index in [9.17, 15) is 13.0 Å². The molecule has 0 saturated heterocycles. The molecule has 162 valence electrons. The van der Waals surface area contributed by atoms with Crippen LogP contribution >= 0.6 is 0 Å². The predicted molar refractivity (Wildman–Crippen MR) is 134 cm³/mol. The summed E-state index contributed by atoms with van der Waals surface area (Å²) in [5, 5.41) is 15.5. The zero-order valence-corrected chi connectivity index (χ0v) is 21.5. The average molecular weight is 475 g/mol. The van der Waals surface area contributed by atoms with Crippen LogP contribution < -0.4 is 29.6 Å². The monoisotopic (exact) mass is 474 g/mol. The summed E-state index contributed by atoms with van der Waals surface area (Å²) in [6, 6.07) is 24.5. The molecule has 0 N–H and O–H groups in total. The van der Waals surface area contributed by atoms with Crippen LogP contribution in [-0.4, -0.2) is 19.6 Å². The Labute approximate surface area is 218 Å². The number of benzene rings is 7. The molecule has 0 heterocycles. The van der Waals surface area contributed by atoms with E-state index in [1.165, 1.54) is 70.2 Å². The fourth-order valence-electron chi connectivity index (χ4n) is 5.85. The number of unbranched alkanes of at least 4 members (excludes halogenated alkanes) is 1. The fourth-order valence-corrected chi connectivity index (χ4v) is 6.17. The Morgan fingerprint density at radius 1 is 0.618 bits per heavy atom. The quantitative estimate of drug-likeness (QED) is 0.0920. The number of rotatable bonds is 6. The molecule has 7 aromatic rings. The van der Waals surface area contributed by atoms with Crippen molar-refractivity contribution < 1.29 is 46.7 Å². The van der Waals surface area contributed by atoms with E-state index in [4.69, 9.17) is 0 Å². The molecule has 0 amide bonds. The van der Waals surface area contributed by atoms with Gasteiger partial charge in [0.1, 0.15) is 0 Å². The molecular formula is C28H19NaO4S. The van der Waals surface area contributed by atoms with E-state index in [2.05, 4.69) is 70.9 Å². The third kappa shape index (κ3) is 3.19. The topological polar surface area (TPSA) is 66.4 Å². The van der Waals surface area contributed by atoms with E-state index in [1.54, 1.807) is 0 Å². The van der Waals surface area contributed by atoms with Crippen LogP contribution in [0.5, 0.6) is 0 Å². The minimum Gasteiger partial charge on any atom is -0.726 e. The Kier molecular flexibility index (Phi) is 5.16. The second kappa shape index (κ2) is 7.89. The van der Waals surface area contributed by atoms with Gasteiger partial charge >= 0.3 is 29.6 Å². The van der Waals surface area contributed by atoms with Gasteiger partial charge in [0.15, 0.2) is 0 Å². The zero-order chi connectivity index (χ0) is 22.3. The first-order valence-electron chi connectivity index (χ1n) is 11.2. The van der Waals surface area contributed by atoms with Crippen molar-refractivity contribution in [1.82, 2.24) is 0 Å². The first-order valence-corrected chi connectivity index (χ1v) is 12.5. The zero-order valence-electron chi connectivity index (χ0n) is 18.7. The molecule has 0 saturated carbocycles. The Morgan fingerprint density at radius 3 is 1.59 bits per heavy atom. The van der Waals surface area contributed by atoms with Crippen molar-refractivity contribution in [2.45, 2.75) is 19.3 Å². The van der Waals surface area contributed by atoms with Crippen LogP contribution in [-0.2, 0) is 21.0 Å². The summed E-state index contributed by atoms with van der Waals surface area (Å²) >= 11 is 0. The van der Waals surface area contributed by atoms with Crippen LogP contribution in [0.15, 0.2) is 66.7 Å². The minimum absolute atomic E-state index is 0. The summed E-state index contributed by atoms with van der Waals surface area (Å²) in [5.74, 6) is 0. The number of hydrogen-bond acceptors (Lipinski definition) is 4. The van der Waals surface area contributed by atoms with Crippen LogP contribution in [0, 0.1) is 0 Å². The molecule has 0 aliphatic heterocycles. The Morgan fingerprint density at radius 2 is 1.06 bits per heavy atom. The van der Waals surface area contributed by atoms with Crippen molar-refractivity contribution in [2.24, 2.45) is 0 Å². The van der Waals surface area contributed by atoms with Crippen molar-refractivity contribution in [3.63, 3.8) is 0 Å². The average Bonchev–Trinajstić information content (AvgIpc) is 2.81. The molecule has 7 aromatic carbocycles. The summed E-state index contributed by atoms with van der Waals surface area (Å²) < 4.78 is 36.5. The second-order valence-corrected chi connectivity index (χ2v) is 10.0. The van der Waals surface area contributed by atoms with Gasteiger partial charge in [-0.2, -0.15) is 0 Å². The van der Waals surface area contributed by atoms with E-state index < -0.39 is 10.4 Å². The third-order valence-corrected chi connectivity index (χ3v) is 7.61. The van der Waals surface area contributed by atoms with Gasteiger partial charge in [-0.1, -0.05) is 66.7 Å². The van der Waals surface area contributed by atoms with E-state index in [0.29, 0.717) is 6.42 Å². The number of hydrogen-bond donors (Lipinski definition) is 0. The molecule has 6 heteroatoms. The van der Waals surface area contributed by atoms with E-state index in [0.717, 1.165) is 12.8 Å². The molecule has 34 heavy (non-hydrogen) atoms.